The van der Waals surface area contributed by atoms with Gasteiger partial charge in [0, 0.05) is 12.8 Å². The molecule has 8 nitrogen and oxygen atoms in total. The molecule has 186 valence electrons. The zero-order valence-electron chi connectivity index (χ0n) is 19.6. The second-order valence-electron chi connectivity index (χ2n) is 8.56. The molecule has 2 aromatic rings. The standard InChI is InChI=1S/C13H19ClN4O4S.C9H8F2/c1-6-7-23-11-15-9(14)8(18(20)21)10(16-11)17(5)12(19)22-13(2,3)4;10-8-4-3-7(5-9(8)11)6-1-2-6/h6-7H2,1-5H3;3-6H,1-2H2. The highest BCUT2D eigenvalue weighted by atomic mass is 35.5. The number of nitro groups is 1. The molecule has 1 aliphatic rings. The molecule has 1 aromatic carbocycles. The maximum Gasteiger partial charge on any atom is 0.415 e. The van der Waals surface area contributed by atoms with Gasteiger partial charge in [-0.15, -0.1) is 0 Å². The lowest BCUT2D eigenvalue weighted by atomic mass is 10.1. The molecule has 1 fully saturated rings. The van der Waals surface area contributed by atoms with Crippen molar-refractivity contribution in [2.45, 2.75) is 63.6 Å². The molecule has 0 spiro atoms. The highest BCUT2D eigenvalue weighted by Gasteiger charge is 2.31. The van der Waals surface area contributed by atoms with E-state index in [0.717, 1.165) is 35.5 Å². The van der Waals surface area contributed by atoms with Gasteiger partial charge in [-0.05, 0) is 63.6 Å². The molecule has 1 heterocycles. The summed E-state index contributed by atoms with van der Waals surface area (Å²) in [5.41, 5.74) is -0.332. The van der Waals surface area contributed by atoms with Crippen LogP contribution in [0.2, 0.25) is 5.15 Å². The maximum absolute atomic E-state index is 12.6. The molecule has 34 heavy (non-hydrogen) atoms. The molecule has 0 aliphatic heterocycles. The minimum Gasteiger partial charge on any atom is -0.443 e. The summed E-state index contributed by atoms with van der Waals surface area (Å²) in [4.78, 5) is 31.6. The van der Waals surface area contributed by atoms with E-state index in [0.29, 0.717) is 5.92 Å². The van der Waals surface area contributed by atoms with Crippen molar-refractivity contribution in [3.8, 4) is 0 Å². The van der Waals surface area contributed by atoms with Crippen LogP contribution in [0.1, 0.15) is 58.4 Å². The van der Waals surface area contributed by atoms with Crippen LogP contribution in [0, 0.1) is 21.7 Å². The quantitative estimate of drug-likeness (QED) is 0.137. The van der Waals surface area contributed by atoms with Crippen molar-refractivity contribution >= 4 is 41.0 Å². The lowest BCUT2D eigenvalue weighted by Crippen LogP contribution is -2.35. The normalized spacial score (nSPS) is 13.1. The Morgan fingerprint density at radius 3 is 2.44 bits per heavy atom. The summed E-state index contributed by atoms with van der Waals surface area (Å²) in [6.07, 6.45) is 2.34. The molecule has 0 N–H and O–H groups in total. The van der Waals surface area contributed by atoms with Crippen molar-refractivity contribution in [3.05, 3.63) is 50.7 Å². The number of aromatic nitrogens is 2. The Balaban J connectivity index is 0.000000305. The molecule has 0 unspecified atom stereocenters. The highest BCUT2D eigenvalue weighted by Crippen LogP contribution is 2.40. The average molecular weight is 517 g/mol. The van der Waals surface area contributed by atoms with Crippen LogP contribution < -0.4 is 4.90 Å². The van der Waals surface area contributed by atoms with Crippen LogP contribution in [0.5, 0.6) is 0 Å². The van der Waals surface area contributed by atoms with Gasteiger partial charge >= 0.3 is 11.8 Å². The molecule has 1 saturated carbocycles. The van der Waals surface area contributed by atoms with E-state index < -0.39 is 33.9 Å². The van der Waals surface area contributed by atoms with E-state index in [2.05, 4.69) is 9.97 Å². The van der Waals surface area contributed by atoms with Crippen molar-refractivity contribution in [1.82, 2.24) is 9.97 Å². The second kappa shape index (κ2) is 11.7. The first-order valence-electron chi connectivity index (χ1n) is 10.6. The monoisotopic (exact) mass is 516 g/mol. The first kappa shape index (κ1) is 27.7. The first-order valence-corrected chi connectivity index (χ1v) is 12.0. The maximum atomic E-state index is 12.6. The topological polar surface area (TPSA) is 98.5 Å². The Kier molecular flexibility index (Phi) is 9.57. The molecule has 0 radical (unpaired) electrons. The fourth-order valence-electron chi connectivity index (χ4n) is 2.65. The number of halogens is 3. The molecule has 0 atom stereocenters. The van der Waals surface area contributed by atoms with Gasteiger partial charge in [-0.1, -0.05) is 36.4 Å². The summed E-state index contributed by atoms with van der Waals surface area (Å²) in [6, 6.07) is 4.16. The Morgan fingerprint density at radius 1 is 1.29 bits per heavy atom. The van der Waals surface area contributed by atoms with Gasteiger partial charge in [-0.3, -0.25) is 15.0 Å². The van der Waals surface area contributed by atoms with Crippen molar-refractivity contribution in [3.63, 3.8) is 0 Å². The van der Waals surface area contributed by atoms with Crippen molar-refractivity contribution < 1.29 is 23.2 Å². The van der Waals surface area contributed by atoms with Gasteiger partial charge in [0.05, 0.1) is 4.92 Å². The van der Waals surface area contributed by atoms with Crippen LogP contribution in [0.4, 0.5) is 25.1 Å². The van der Waals surface area contributed by atoms with E-state index in [1.807, 2.05) is 6.92 Å². The number of rotatable bonds is 6. The van der Waals surface area contributed by atoms with Gasteiger partial charge in [-0.2, -0.15) is 4.98 Å². The number of amides is 1. The van der Waals surface area contributed by atoms with Gasteiger partial charge in [0.15, 0.2) is 16.8 Å². The first-order chi connectivity index (χ1) is 15.8. The lowest BCUT2D eigenvalue weighted by molar-refractivity contribution is -0.384. The van der Waals surface area contributed by atoms with Gasteiger partial charge in [0.25, 0.3) is 0 Å². The van der Waals surface area contributed by atoms with Gasteiger partial charge in [-0.25, -0.2) is 18.6 Å². The number of hydrogen-bond donors (Lipinski definition) is 0. The highest BCUT2D eigenvalue weighted by molar-refractivity contribution is 7.99. The summed E-state index contributed by atoms with van der Waals surface area (Å²) >= 11 is 7.21. The number of benzene rings is 1. The van der Waals surface area contributed by atoms with E-state index in [9.17, 15) is 23.7 Å². The van der Waals surface area contributed by atoms with Crippen LogP contribution in [0.25, 0.3) is 0 Å². The fourth-order valence-corrected chi connectivity index (χ4v) is 3.62. The minimum atomic E-state index is -0.762. The molecular formula is C22H27ClF2N4O4S. The van der Waals surface area contributed by atoms with E-state index in [1.54, 1.807) is 26.8 Å². The zero-order valence-corrected chi connectivity index (χ0v) is 21.2. The summed E-state index contributed by atoms with van der Waals surface area (Å²) < 4.78 is 30.2. The van der Waals surface area contributed by atoms with E-state index >= 15 is 0 Å². The van der Waals surface area contributed by atoms with Gasteiger partial charge in [0.1, 0.15) is 5.60 Å². The predicted octanol–water partition coefficient (Wildman–Crippen LogP) is 6.75. The predicted molar refractivity (Wildman–Crippen MR) is 128 cm³/mol. The molecule has 1 aromatic heterocycles. The minimum absolute atomic E-state index is 0.192. The third kappa shape index (κ3) is 8.05. The van der Waals surface area contributed by atoms with Crippen LogP contribution >= 0.6 is 23.4 Å². The zero-order chi connectivity index (χ0) is 25.6. The van der Waals surface area contributed by atoms with E-state index in [1.165, 1.54) is 30.9 Å². The molecule has 0 saturated heterocycles. The Hall–Kier alpha value is -2.53. The molecule has 1 aliphatic carbocycles. The summed E-state index contributed by atoms with van der Waals surface area (Å²) in [7, 11) is 1.34. The van der Waals surface area contributed by atoms with Gasteiger partial charge in [0.2, 0.25) is 11.0 Å². The van der Waals surface area contributed by atoms with Crippen molar-refractivity contribution in [1.29, 1.82) is 0 Å². The largest absolute Gasteiger partial charge is 0.443 e. The third-order valence-corrected chi connectivity index (χ3v) is 5.71. The lowest BCUT2D eigenvalue weighted by Gasteiger charge is -2.24. The summed E-state index contributed by atoms with van der Waals surface area (Å²) in [6.45, 7) is 7.07. The second-order valence-corrected chi connectivity index (χ2v) is 9.98. The van der Waals surface area contributed by atoms with Crippen molar-refractivity contribution in [2.24, 2.45) is 0 Å². The third-order valence-electron chi connectivity index (χ3n) is 4.40. The summed E-state index contributed by atoms with van der Waals surface area (Å²) in [5, 5.41) is 11.2. The average Bonchev–Trinajstić information content (AvgIpc) is 3.57. The van der Waals surface area contributed by atoms with Crippen molar-refractivity contribution in [2.75, 3.05) is 17.7 Å². The van der Waals surface area contributed by atoms with E-state index in [4.69, 9.17) is 16.3 Å². The summed E-state index contributed by atoms with van der Waals surface area (Å²) in [5.74, 6) is -0.458. The van der Waals surface area contributed by atoms with E-state index in [-0.39, 0.29) is 16.1 Å². The number of anilines is 1. The fraction of sp³-hybridized carbons (Fsp3) is 0.500. The SMILES string of the molecule is CCCSc1nc(Cl)c([N+](=O)[O-])c(N(C)C(=O)OC(C)(C)C)n1.Fc1ccc(C2CC2)cc1F. The number of nitrogens with zero attached hydrogens (tertiary/aromatic N) is 4. The molecule has 1 amide bonds. The Bertz CT molecular complexity index is 1050. The molecule has 3 rings (SSSR count). The Labute approximate surface area is 206 Å². The number of ether oxygens (including phenoxy) is 1. The van der Waals surface area contributed by atoms with Crippen LogP contribution in [-0.2, 0) is 4.74 Å². The number of carbonyl (C=O) groups excluding carboxylic acids is 1. The smallest absolute Gasteiger partial charge is 0.415 e. The molecule has 12 heteroatoms. The number of carbonyl (C=O) groups is 1. The molecular weight excluding hydrogens is 490 g/mol. The molecule has 0 bridgehead atoms. The van der Waals surface area contributed by atoms with Crippen LogP contribution in [0.15, 0.2) is 23.4 Å². The number of thioether (sulfide) groups is 1. The number of hydrogen-bond acceptors (Lipinski definition) is 7. The van der Waals surface area contributed by atoms with Crippen LogP contribution in [-0.4, -0.2) is 39.4 Å². The Morgan fingerprint density at radius 2 is 1.94 bits per heavy atom. The van der Waals surface area contributed by atoms with Crippen LogP contribution in [0.3, 0.4) is 0 Å². The van der Waals surface area contributed by atoms with Gasteiger partial charge < -0.3 is 4.74 Å².